The Morgan fingerprint density at radius 3 is 2.00 bits per heavy atom. The van der Waals surface area contributed by atoms with Crippen molar-refractivity contribution in [3.8, 4) is 0 Å². The average Bonchev–Trinajstić information content (AvgIpc) is 2.55. The van der Waals surface area contributed by atoms with E-state index in [0.717, 1.165) is 32.1 Å². The summed E-state index contributed by atoms with van der Waals surface area (Å²) in [5, 5.41) is 18.8. The number of carboxylic acid groups (broad SMARTS) is 2. The SMILES string of the molecule is CCCCCCC(CCCC)CC(C)(CCCC(C)C(=O)O)C(=O)O. The van der Waals surface area contributed by atoms with Gasteiger partial charge in [-0.3, -0.25) is 9.59 Å². The standard InChI is InChI=1S/C21H40O4/c1-5-7-9-10-14-18(13-8-6-2)16-21(4,20(24)25)15-11-12-17(3)19(22)23/h17-18H,5-16H2,1-4H3,(H,22,23)(H,24,25). The Morgan fingerprint density at radius 2 is 1.48 bits per heavy atom. The zero-order valence-corrected chi connectivity index (χ0v) is 16.9. The third-order valence-electron chi connectivity index (χ3n) is 5.47. The molecule has 2 N–H and O–H groups in total. The van der Waals surface area contributed by atoms with Crippen molar-refractivity contribution in [1.29, 1.82) is 0 Å². The summed E-state index contributed by atoms with van der Waals surface area (Å²) in [6.07, 6.45) is 11.9. The minimum Gasteiger partial charge on any atom is -0.481 e. The van der Waals surface area contributed by atoms with Crippen LogP contribution >= 0.6 is 0 Å². The van der Waals surface area contributed by atoms with Gasteiger partial charge in [-0.15, -0.1) is 0 Å². The molecule has 0 aliphatic rings. The highest BCUT2D eigenvalue weighted by Gasteiger charge is 2.35. The largest absolute Gasteiger partial charge is 0.481 e. The first-order chi connectivity index (χ1) is 11.8. The van der Waals surface area contributed by atoms with Crippen LogP contribution in [0.25, 0.3) is 0 Å². The molecular weight excluding hydrogens is 316 g/mol. The Hall–Kier alpha value is -1.06. The highest BCUT2D eigenvalue weighted by atomic mass is 16.4. The van der Waals surface area contributed by atoms with Crippen molar-refractivity contribution in [3.05, 3.63) is 0 Å². The van der Waals surface area contributed by atoms with Crippen molar-refractivity contribution in [2.24, 2.45) is 17.3 Å². The molecule has 0 amide bonds. The third-order valence-corrected chi connectivity index (χ3v) is 5.47. The maximum absolute atomic E-state index is 11.9. The van der Waals surface area contributed by atoms with Crippen LogP contribution < -0.4 is 0 Å². The Balaban J connectivity index is 4.68. The molecule has 3 unspecified atom stereocenters. The van der Waals surface area contributed by atoms with E-state index in [2.05, 4.69) is 13.8 Å². The highest BCUT2D eigenvalue weighted by molar-refractivity contribution is 5.74. The molecule has 148 valence electrons. The fraction of sp³-hybridized carbons (Fsp3) is 0.905. The first-order valence-corrected chi connectivity index (χ1v) is 10.2. The molecule has 0 heterocycles. The number of hydrogen-bond donors (Lipinski definition) is 2. The van der Waals surface area contributed by atoms with E-state index in [4.69, 9.17) is 5.11 Å². The van der Waals surface area contributed by atoms with Gasteiger partial charge in [0.05, 0.1) is 11.3 Å². The normalized spacial score (nSPS) is 16.2. The zero-order valence-electron chi connectivity index (χ0n) is 16.9. The molecule has 0 saturated carbocycles. The molecule has 25 heavy (non-hydrogen) atoms. The van der Waals surface area contributed by atoms with Gasteiger partial charge in [0.1, 0.15) is 0 Å². The second-order valence-electron chi connectivity index (χ2n) is 8.06. The first kappa shape index (κ1) is 23.9. The number of hydrogen-bond acceptors (Lipinski definition) is 2. The molecule has 0 bridgehead atoms. The molecule has 0 fully saturated rings. The van der Waals surface area contributed by atoms with Crippen molar-refractivity contribution in [2.45, 2.75) is 105 Å². The number of rotatable bonds is 16. The smallest absolute Gasteiger partial charge is 0.309 e. The van der Waals surface area contributed by atoms with Gasteiger partial charge >= 0.3 is 11.9 Å². The average molecular weight is 357 g/mol. The van der Waals surface area contributed by atoms with E-state index in [1.807, 2.05) is 6.92 Å². The maximum atomic E-state index is 11.9. The van der Waals surface area contributed by atoms with Crippen LogP contribution in [0.15, 0.2) is 0 Å². The molecule has 0 aromatic rings. The number of aliphatic carboxylic acids is 2. The molecule has 0 radical (unpaired) electrons. The van der Waals surface area contributed by atoms with Gasteiger partial charge in [-0.1, -0.05) is 78.6 Å². The van der Waals surface area contributed by atoms with E-state index in [1.54, 1.807) is 6.92 Å². The Bertz CT molecular complexity index is 380. The third kappa shape index (κ3) is 10.5. The minimum atomic E-state index is -0.797. The van der Waals surface area contributed by atoms with Crippen LogP contribution in [0.2, 0.25) is 0 Å². The van der Waals surface area contributed by atoms with Crippen molar-refractivity contribution >= 4 is 11.9 Å². The van der Waals surface area contributed by atoms with Crippen LogP contribution in [0.4, 0.5) is 0 Å². The quantitative estimate of drug-likeness (QED) is 0.326. The Morgan fingerprint density at radius 1 is 0.880 bits per heavy atom. The molecule has 0 aliphatic heterocycles. The van der Waals surface area contributed by atoms with E-state index in [-0.39, 0.29) is 0 Å². The zero-order chi connectivity index (χ0) is 19.3. The van der Waals surface area contributed by atoms with Gasteiger partial charge < -0.3 is 10.2 Å². The van der Waals surface area contributed by atoms with E-state index < -0.39 is 23.3 Å². The maximum Gasteiger partial charge on any atom is 0.309 e. The number of unbranched alkanes of at least 4 members (excludes halogenated alkanes) is 4. The van der Waals surface area contributed by atoms with Gasteiger partial charge in [-0.25, -0.2) is 0 Å². The molecule has 0 rings (SSSR count). The van der Waals surface area contributed by atoms with Gasteiger partial charge in [0, 0.05) is 0 Å². The summed E-state index contributed by atoms with van der Waals surface area (Å²) in [5.74, 6) is -1.46. The topological polar surface area (TPSA) is 74.6 Å². The minimum absolute atomic E-state index is 0.400. The predicted molar refractivity (Wildman–Crippen MR) is 103 cm³/mol. The van der Waals surface area contributed by atoms with Gasteiger partial charge in [0.2, 0.25) is 0 Å². The second kappa shape index (κ2) is 13.2. The fourth-order valence-corrected chi connectivity index (χ4v) is 3.56. The fourth-order valence-electron chi connectivity index (χ4n) is 3.56. The van der Waals surface area contributed by atoms with E-state index in [1.165, 1.54) is 25.7 Å². The van der Waals surface area contributed by atoms with Crippen LogP contribution in [0.3, 0.4) is 0 Å². The summed E-state index contributed by atoms with van der Waals surface area (Å²) < 4.78 is 0. The van der Waals surface area contributed by atoms with Gasteiger partial charge in [-0.2, -0.15) is 0 Å². The summed E-state index contributed by atoms with van der Waals surface area (Å²) in [4.78, 5) is 22.8. The van der Waals surface area contributed by atoms with Crippen molar-refractivity contribution in [3.63, 3.8) is 0 Å². The first-order valence-electron chi connectivity index (χ1n) is 10.2. The molecule has 0 spiro atoms. The Kier molecular flexibility index (Phi) is 12.6. The van der Waals surface area contributed by atoms with Crippen LogP contribution in [-0.2, 0) is 9.59 Å². The summed E-state index contributed by atoms with van der Waals surface area (Å²) >= 11 is 0. The van der Waals surface area contributed by atoms with Gasteiger partial charge in [-0.05, 0) is 32.1 Å². The molecular formula is C21H40O4. The van der Waals surface area contributed by atoms with Crippen LogP contribution in [-0.4, -0.2) is 22.2 Å². The summed E-state index contributed by atoms with van der Waals surface area (Å²) in [6, 6.07) is 0. The van der Waals surface area contributed by atoms with Gasteiger partial charge in [0.15, 0.2) is 0 Å². The van der Waals surface area contributed by atoms with Crippen molar-refractivity contribution in [1.82, 2.24) is 0 Å². The van der Waals surface area contributed by atoms with Crippen LogP contribution in [0.1, 0.15) is 105 Å². The molecule has 0 aromatic heterocycles. The molecule has 0 aromatic carbocycles. The monoisotopic (exact) mass is 356 g/mol. The lowest BCUT2D eigenvalue weighted by Crippen LogP contribution is -2.30. The molecule has 3 atom stereocenters. The second-order valence-corrected chi connectivity index (χ2v) is 8.06. The highest BCUT2D eigenvalue weighted by Crippen LogP contribution is 2.36. The predicted octanol–water partition coefficient (Wildman–Crippen LogP) is 6.14. The molecule has 4 nitrogen and oxygen atoms in total. The van der Waals surface area contributed by atoms with E-state index in [0.29, 0.717) is 25.2 Å². The summed E-state index contributed by atoms with van der Waals surface area (Å²) in [7, 11) is 0. The lowest BCUT2D eigenvalue weighted by atomic mass is 9.74. The van der Waals surface area contributed by atoms with Gasteiger partial charge in [0.25, 0.3) is 0 Å². The lowest BCUT2D eigenvalue weighted by Gasteiger charge is -2.30. The van der Waals surface area contributed by atoms with E-state index >= 15 is 0 Å². The lowest BCUT2D eigenvalue weighted by molar-refractivity contribution is -0.149. The number of carboxylic acids is 2. The van der Waals surface area contributed by atoms with Crippen LogP contribution in [0.5, 0.6) is 0 Å². The Labute approximate surface area is 154 Å². The molecule has 0 aliphatic carbocycles. The molecule has 0 saturated heterocycles. The van der Waals surface area contributed by atoms with Crippen LogP contribution in [0, 0.1) is 17.3 Å². The summed E-state index contributed by atoms with van der Waals surface area (Å²) in [6.45, 7) is 7.93. The molecule has 4 heteroatoms. The van der Waals surface area contributed by atoms with Crippen molar-refractivity contribution < 1.29 is 19.8 Å². The van der Waals surface area contributed by atoms with E-state index in [9.17, 15) is 14.7 Å². The number of carbonyl (C=O) groups is 2. The van der Waals surface area contributed by atoms with Crippen molar-refractivity contribution in [2.75, 3.05) is 0 Å². The summed E-state index contributed by atoms with van der Waals surface area (Å²) in [5.41, 5.74) is -0.735.